The minimum atomic E-state index is -1.74. The van der Waals surface area contributed by atoms with Gasteiger partial charge in [-0.05, 0) is 12.8 Å². The van der Waals surface area contributed by atoms with Crippen LogP contribution < -0.4 is 5.32 Å². The summed E-state index contributed by atoms with van der Waals surface area (Å²) >= 11 is 0. The number of amides is 1. The van der Waals surface area contributed by atoms with Gasteiger partial charge in [0.05, 0.1) is 6.10 Å². The Morgan fingerprint density at radius 3 is 2.10 bits per heavy atom. The van der Waals surface area contributed by atoms with Crippen LogP contribution in [0.5, 0.6) is 0 Å². The van der Waals surface area contributed by atoms with Crippen molar-refractivity contribution >= 4 is 14.0 Å². The van der Waals surface area contributed by atoms with Crippen LogP contribution in [0.4, 0.5) is 0 Å². The molecule has 6 nitrogen and oxygen atoms in total. The molecule has 0 fully saturated rings. The molecule has 0 radical (unpaired) electrons. The minimum absolute atomic E-state index is 0.225. The first-order chi connectivity index (χ1) is 9.10. The Morgan fingerprint density at radius 2 is 1.65 bits per heavy atom. The van der Waals surface area contributed by atoms with E-state index in [4.69, 9.17) is 0 Å². The number of carbonyl (C=O) groups excluding carboxylic acids is 1. The molecule has 0 unspecified atom stereocenters. The van der Waals surface area contributed by atoms with E-state index in [1.807, 2.05) is 0 Å². The third-order valence-corrected chi connectivity index (χ3v) is 5.01. The monoisotopic (exact) mass is 307 g/mol. The molecule has 0 bridgehead atoms. The van der Waals surface area contributed by atoms with Crippen molar-refractivity contribution in [2.75, 3.05) is 6.54 Å². The summed E-state index contributed by atoms with van der Waals surface area (Å²) < 4.78 is 0. The molecular weight excluding hydrogens is 278 g/mol. The highest BCUT2D eigenvalue weighted by atomic mass is 28.3. The van der Waals surface area contributed by atoms with Gasteiger partial charge in [0.25, 0.3) is 5.91 Å². The van der Waals surface area contributed by atoms with E-state index < -0.39 is 38.4 Å². The van der Waals surface area contributed by atoms with Gasteiger partial charge in [-0.25, -0.2) is 0 Å². The molecule has 5 N–H and O–H groups in total. The Bertz CT molecular complexity index is 295. The summed E-state index contributed by atoms with van der Waals surface area (Å²) in [6.07, 6.45) is -5.09. The Hall–Kier alpha value is -0.473. The Balaban J connectivity index is 4.14. The summed E-state index contributed by atoms with van der Waals surface area (Å²) in [6.45, 7) is 8.75. The molecule has 1 amide bonds. The first-order valence-electron chi connectivity index (χ1n) is 7.10. The number of carbonyl (C=O) groups is 1. The number of aliphatic hydroxyl groups excluding tert-OH is 4. The van der Waals surface area contributed by atoms with E-state index in [9.17, 15) is 25.2 Å². The molecule has 0 aromatic rings. The molecule has 4 atom stereocenters. The van der Waals surface area contributed by atoms with E-state index in [0.29, 0.717) is 6.54 Å². The third kappa shape index (κ3) is 7.35. The smallest absolute Gasteiger partial charge is 0.251 e. The van der Waals surface area contributed by atoms with Gasteiger partial charge in [0.1, 0.15) is 12.2 Å². The molecule has 20 heavy (non-hydrogen) atoms. The molecule has 0 heterocycles. The van der Waals surface area contributed by atoms with Gasteiger partial charge >= 0.3 is 0 Å². The summed E-state index contributed by atoms with van der Waals surface area (Å²) in [5.74, 6) is -0.726. The molecule has 0 saturated heterocycles. The molecule has 7 heteroatoms. The lowest BCUT2D eigenvalue weighted by atomic mass is 10.0. The van der Waals surface area contributed by atoms with Crippen LogP contribution in [0.1, 0.15) is 19.8 Å². The molecule has 0 aliphatic heterocycles. The summed E-state index contributed by atoms with van der Waals surface area (Å²) in [5.41, 5.74) is 0. The number of nitrogens with one attached hydrogen (secondary N) is 1. The average Bonchev–Trinajstić information content (AvgIpc) is 2.38. The van der Waals surface area contributed by atoms with Gasteiger partial charge in [0.2, 0.25) is 0 Å². The Kier molecular flexibility index (Phi) is 8.53. The van der Waals surface area contributed by atoms with Crippen LogP contribution in [0, 0.1) is 0 Å². The first-order valence-corrected chi connectivity index (χ1v) is 10.8. The topological polar surface area (TPSA) is 110 Å². The summed E-state index contributed by atoms with van der Waals surface area (Å²) in [6, 6.07) is 1.06. The molecule has 0 spiro atoms. The van der Waals surface area contributed by atoms with Gasteiger partial charge in [-0.2, -0.15) is 0 Å². The minimum Gasteiger partial charge on any atom is -0.390 e. The zero-order chi connectivity index (χ0) is 15.9. The van der Waals surface area contributed by atoms with Crippen molar-refractivity contribution in [3.63, 3.8) is 0 Å². The second-order valence-electron chi connectivity index (χ2n) is 6.36. The maximum Gasteiger partial charge on any atom is 0.251 e. The largest absolute Gasteiger partial charge is 0.390 e. The van der Waals surface area contributed by atoms with Crippen LogP contribution >= 0.6 is 0 Å². The number of hydrogen-bond acceptors (Lipinski definition) is 5. The van der Waals surface area contributed by atoms with Crippen LogP contribution in [0.3, 0.4) is 0 Å². The highest BCUT2D eigenvalue weighted by Crippen LogP contribution is 2.10. The van der Waals surface area contributed by atoms with Crippen molar-refractivity contribution in [2.24, 2.45) is 0 Å². The van der Waals surface area contributed by atoms with E-state index in [0.717, 1.165) is 12.5 Å². The number of hydrogen-bond donors (Lipinski definition) is 5. The molecule has 0 saturated carbocycles. The maximum absolute atomic E-state index is 11.6. The number of aliphatic hydroxyl groups is 4. The van der Waals surface area contributed by atoms with Crippen molar-refractivity contribution in [3.8, 4) is 0 Å². The van der Waals surface area contributed by atoms with Gasteiger partial charge in [-0.3, -0.25) is 4.79 Å². The van der Waals surface area contributed by atoms with Crippen LogP contribution in [0.2, 0.25) is 25.7 Å². The molecule has 0 aliphatic carbocycles. The zero-order valence-corrected chi connectivity index (χ0v) is 13.8. The van der Waals surface area contributed by atoms with Gasteiger partial charge in [-0.1, -0.05) is 32.6 Å². The van der Waals surface area contributed by atoms with Crippen molar-refractivity contribution in [3.05, 3.63) is 0 Å². The van der Waals surface area contributed by atoms with Crippen LogP contribution in [0.25, 0.3) is 0 Å². The molecule has 0 aliphatic rings. The van der Waals surface area contributed by atoms with Crippen molar-refractivity contribution in [1.29, 1.82) is 0 Å². The lowest BCUT2D eigenvalue weighted by Crippen LogP contribution is -2.51. The standard InChI is InChI=1S/C13H29NO5Si/c1-5-9(15)10(16)11(17)12(18)13(19)14-7-6-8-20(2,3)4/h9-12,15-18H,5-8H2,1-4H3,(H,14,19)/t9-,10-,11+,12-/m1/s1. The van der Waals surface area contributed by atoms with E-state index in [2.05, 4.69) is 25.0 Å². The fourth-order valence-electron chi connectivity index (χ4n) is 1.75. The highest BCUT2D eigenvalue weighted by molar-refractivity contribution is 6.76. The summed E-state index contributed by atoms with van der Waals surface area (Å²) in [4.78, 5) is 11.6. The fraction of sp³-hybridized carbons (Fsp3) is 0.923. The van der Waals surface area contributed by atoms with Crippen molar-refractivity contribution < 1.29 is 25.2 Å². The zero-order valence-electron chi connectivity index (χ0n) is 12.8. The van der Waals surface area contributed by atoms with E-state index >= 15 is 0 Å². The Morgan fingerprint density at radius 1 is 1.10 bits per heavy atom. The quantitative estimate of drug-likeness (QED) is 0.296. The molecule has 0 aromatic heterocycles. The second kappa shape index (κ2) is 8.73. The van der Waals surface area contributed by atoms with Crippen LogP contribution in [0.15, 0.2) is 0 Å². The molecule has 120 valence electrons. The maximum atomic E-state index is 11.6. The van der Waals surface area contributed by atoms with Gasteiger partial charge in [0, 0.05) is 14.6 Å². The predicted octanol–water partition coefficient (Wildman–Crippen LogP) is -0.316. The molecule has 0 rings (SSSR count). The van der Waals surface area contributed by atoms with Crippen molar-refractivity contribution in [2.45, 2.75) is 69.9 Å². The summed E-state index contributed by atoms with van der Waals surface area (Å²) in [5, 5.41) is 40.7. The second-order valence-corrected chi connectivity index (χ2v) is 12.0. The molecule has 0 aromatic carbocycles. The average molecular weight is 307 g/mol. The van der Waals surface area contributed by atoms with Crippen LogP contribution in [-0.4, -0.2) is 65.4 Å². The summed E-state index contributed by atoms with van der Waals surface area (Å²) in [7, 11) is -1.15. The van der Waals surface area contributed by atoms with Gasteiger partial charge in [-0.15, -0.1) is 0 Å². The van der Waals surface area contributed by atoms with Crippen LogP contribution in [-0.2, 0) is 4.79 Å². The highest BCUT2D eigenvalue weighted by Gasteiger charge is 2.33. The van der Waals surface area contributed by atoms with Gasteiger partial charge in [0.15, 0.2) is 6.10 Å². The molecular formula is C13H29NO5Si. The fourth-order valence-corrected chi connectivity index (χ4v) is 2.98. The van der Waals surface area contributed by atoms with Gasteiger partial charge < -0.3 is 25.7 Å². The SMILES string of the molecule is CC[C@@H](O)[C@@H](O)[C@H](O)[C@@H](O)C(=O)NCCC[Si](C)(C)C. The lowest BCUT2D eigenvalue weighted by Gasteiger charge is -2.25. The van der Waals surface area contributed by atoms with Crippen molar-refractivity contribution in [1.82, 2.24) is 5.32 Å². The number of rotatable bonds is 9. The van der Waals surface area contributed by atoms with E-state index in [1.165, 1.54) is 0 Å². The first kappa shape index (κ1) is 19.5. The lowest BCUT2D eigenvalue weighted by molar-refractivity contribution is -0.146. The normalized spacial score (nSPS) is 18.2. The van der Waals surface area contributed by atoms with E-state index in [-0.39, 0.29) is 6.42 Å². The van der Waals surface area contributed by atoms with E-state index in [1.54, 1.807) is 6.92 Å². The predicted molar refractivity (Wildman–Crippen MR) is 80.1 cm³/mol. The Labute approximate surface area is 121 Å². The third-order valence-electron chi connectivity index (χ3n) is 3.16.